The number of hydrogen-bond donors (Lipinski definition) is 2. The van der Waals surface area contributed by atoms with Crippen molar-refractivity contribution >= 4 is 112 Å². The molecule has 0 radical (unpaired) electrons. The number of furan rings is 3. The molecule has 0 amide bonds. The van der Waals surface area contributed by atoms with E-state index in [9.17, 15) is 0 Å². The highest BCUT2D eigenvalue weighted by atomic mass is 16.3. The highest BCUT2D eigenvalue weighted by Gasteiger charge is 2.26. The van der Waals surface area contributed by atoms with Crippen molar-refractivity contribution in [1.82, 2.24) is 9.13 Å². The van der Waals surface area contributed by atoms with Crippen molar-refractivity contribution in [3.63, 3.8) is 0 Å². The third kappa shape index (κ3) is 11.8. The Morgan fingerprint density at radius 2 is 1.38 bits per heavy atom. The number of aliphatic imine (C=N–C) groups is 1. The van der Waals surface area contributed by atoms with Crippen molar-refractivity contribution in [2.75, 3.05) is 5.32 Å². The van der Waals surface area contributed by atoms with E-state index in [1.807, 2.05) is 76.4 Å². The monoisotopic (exact) mass is 1160 g/mol. The number of benzene rings is 7. The first kappa shape index (κ1) is 61.1. The Morgan fingerprint density at radius 3 is 2.16 bits per heavy atom. The number of aromatic nitrogens is 2. The third-order valence-corrected chi connectivity index (χ3v) is 16.4. The van der Waals surface area contributed by atoms with Gasteiger partial charge in [-0.1, -0.05) is 181 Å². The summed E-state index contributed by atoms with van der Waals surface area (Å²) in [6.45, 7) is 20.4. The van der Waals surface area contributed by atoms with Gasteiger partial charge >= 0.3 is 0 Å². The number of amidine groups is 1. The molecule has 7 aromatic carbocycles. The average molecular weight is 1160 g/mol. The molecular weight excluding hydrogens is 1080 g/mol. The number of anilines is 1. The molecule has 1 unspecified atom stereocenters. The lowest BCUT2D eigenvalue weighted by Crippen LogP contribution is -2.32. The summed E-state index contributed by atoms with van der Waals surface area (Å²) in [4.78, 5) is 4.35. The second-order valence-corrected chi connectivity index (χ2v) is 21.4. The molecule has 0 fully saturated rings. The Hall–Kier alpha value is -10.1. The van der Waals surface area contributed by atoms with Crippen LogP contribution in [0.4, 0.5) is 5.69 Å². The lowest BCUT2D eigenvalue weighted by Gasteiger charge is -2.15. The number of nitrogens with zero attached hydrogens (tertiary/aromatic N) is 3. The third-order valence-electron chi connectivity index (χ3n) is 16.4. The fourth-order valence-corrected chi connectivity index (χ4v) is 12.4. The van der Waals surface area contributed by atoms with Crippen LogP contribution in [0.3, 0.4) is 0 Å². The van der Waals surface area contributed by atoms with Crippen LogP contribution in [-0.4, -0.2) is 15.0 Å². The first-order valence-corrected chi connectivity index (χ1v) is 31.1. The van der Waals surface area contributed by atoms with Gasteiger partial charge in [-0.05, 0) is 122 Å². The molecule has 1 atom stereocenters. The molecule has 12 aromatic rings. The average Bonchev–Trinajstić information content (AvgIpc) is 1.59. The van der Waals surface area contributed by atoms with Gasteiger partial charge in [-0.3, -0.25) is 0 Å². The van der Waals surface area contributed by atoms with Crippen LogP contribution in [0.25, 0.3) is 123 Å². The smallest absolute Gasteiger partial charge is 0.139 e. The number of para-hydroxylation sites is 3. The molecule has 5 heterocycles. The summed E-state index contributed by atoms with van der Waals surface area (Å²) >= 11 is 0. The van der Waals surface area contributed by atoms with Gasteiger partial charge in [0.25, 0.3) is 0 Å². The van der Waals surface area contributed by atoms with Crippen molar-refractivity contribution in [3.05, 3.63) is 247 Å². The topological polar surface area (TPSA) is 99.7 Å². The summed E-state index contributed by atoms with van der Waals surface area (Å²) in [5.74, 6) is 2.32. The van der Waals surface area contributed by atoms with E-state index in [1.54, 1.807) is 12.3 Å². The van der Waals surface area contributed by atoms with E-state index in [1.165, 1.54) is 82.0 Å². The van der Waals surface area contributed by atoms with Crippen molar-refractivity contribution in [2.45, 2.75) is 86.5 Å². The van der Waals surface area contributed by atoms with E-state index in [2.05, 4.69) is 225 Å². The number of aryl methyl sites for hydroxylation is 2. The molecule has 88 heavy (non-hydrogen) atoms. The first-order valence-electron chi connectivity index (χ1n) is 31.1. The molecule has 444 valence electrons. The van der Waals surface area contributed by atoms with Crippen LogP contribution in [0, 0.1) is 6.92 Å². The van der Waals surface area contributed by atoms with Gasteiger partial charge in [0.1, 0.15) is 39.7 Å². The van der Waals surface area contributed by atoms with Crippen LogP contribution >= 0.6 is 0 Å². The van der Waals surface area contributed by atoms with Crippen LogP contribution in [-0.2, 0) is 20.5 Å². The largest absolute Gasteiger partial charge is 0.456 e. The molecule has 0 spiro atoms. The van der Waals surface area contributed by atoms with Gasteiger partial charge in [0.2, 0.25) is 0 Å². The Kier molecular flexibility index (Phi) is 19.4. The zero-order valence-corrected chi connectivity index (χ0v) is 52.5. The standard InChI is InChI=1S/C39H35N3O2.C35H30N2O.2C2H6.C2H4/c1-4-5-6-11-23-41-36(40)22-21-35-38(30-14-8-10-18-34(30)43-35)37-25(2)42(3)32-20-19-26(24-31(32)37)27-15-12-16-29-28-13-7-9-17-33(28)44-39(27)29;1-3-4-5-10-19-36-29-22-32-33(27-13-8-9-14-31(27)38-32)34-28-21-26(17-18-30(28)37(2)35(29)34)25-16-15-23-11-6-7-12-24(23)20-25;3*1-2/h5-18,20-24,26H,4,19H2,1-3H3,(H2,40,41);4-7,9-12,14-22,36H,3,8,13H2,1-2H3;2*1-2H3;1-2H2/b6-5-,22-21?,23-11-;5-4-,19-10-;;;. The summed E-state index contributed by atoms with van der Waals surface area (Å²) in [6.07, 6.45) is 33.7. The molecule has 0 saturated carbocycles. The van der Waals surface area contributed by atoms with Crippen LogP contribution in [0.5, 0.6) is 0 Å². The molecule has 8 nitrogen and oxygen atoms in total. The van der Waals surface area contributed by atoms with Gasteiger partial charge in [0, 0.05) is 115 Å². The number of fused-ring (bicyclic) bond motifs is 13. The van der Waals surface area contributed by atoms with E-state index in [0.717, 1.165) is 93.4 Å². The Balaban J connectivity index is 0.000000181. The van der Waals surface area contributed by atoms with Crippen molar-refractivity contribution < 1.29 is 13.3 Å². The second-order valence-electron chi connectivity index (χ2n) is 21.4. The maximum absolute atomic E-state index is 6.44. The minimum atomic E-state index is 0.167. The lowest BCUT2D eigenvalue weighted by molar-refractivity contribution is 0.595. The normalized spacial score (nSPS) is 13.9. The minimum Gasteiger partial charge on any atom is -0.456 e. The van der Waals surface area contributed by atoms with Crippen LogP contribution < -0.4 is 21.6 Å². The number of rotatable bonds is 12. The molecule has 0 saturated heterocycles. The maximum Gasteiger partial charge on any atom is 0.139 e. The van der Waals surface area contributed by atoms with Gasteiger partial charge in [-0.2, -0.15) is 0 Å². The summed E-state index contributed by atoms with van der Waals surface area (Å²) in [5, 5.41) is 15.7. The number of allylic oxidation sites excluding steroid dienone is 7. The van der Waals surface area contributed by atoms with E-state index < -0.39 is 0 Å². The quantitative estimate of drug-likeness (QED) is 0.0549. The summed E-state index contributed by atoms with van der Waals surface area (Å²) in [7, 11) is 4.31. The number of hydrogen-bond acceptors (Lipinski definition) is 5. The molecule has 5 aromatic heterocycles. The number of nitrogens with one attached hydrogen (secondary N) is 1. The molecular formula is C80H81N5O3. The Morgan fingerprint density at radius 1 is 0.682 bits per heavy atom. The highest BCUT2D eigenvalue weighted by molar-refractivity contribution is 6.25. The van der Waals surface area contributed by atoms with Crippen LogP contribution in [0.1, 0.15) is 101 Å². The predicted octanol–water partition coefficient (Wildman–Crippen LogP) is 20.8. The van der Waals surface area contributed by atoms with Crippen LogP contribution in [0.2, 0.25) is 0 Å². The van der Waals surface area contributed by atoms with Crippen molar-refractivity contribution in [1.29, 1.82) is 0 Å². The zero-order chi connectivity index (χ0) is 61.8. The van der Waals surface area contributed by atoms with E-state index in [-0.39, 0.29) is 5.92 Å². The SMILES string of the molecule is C=C.CC.CC.CC/C=C\C=C/N=C(N)C=Cc1oc2ccccc2c1-c1c(C)n(C)c2c1=CC(c1cccc3c1oc1ccccc13)CC=2.CC/C=C\C=C/Nc1cc2oc3c(c2c2c4cc(-c5ccc6ccccc6c5)ccc4n(C)c12)CCC=C3. The predicted molar refractivity (Wildman–Crippen MR) is 380 cm³/mol. The molecule has 2 aliphatic rings. The molecule has 3 N–H and O–H groups in total. The molecule has 2 aliphatic carbocycles. The van der Waals surface area contributed by atoms with Crippen molar-refractivity contribution in [2.24, 2.45) is 24.8 Å². The zero-order valence-electron chi connectivity index (χ0n) is 52.5. The van der Waals surface area contributed by atoms with E-state index >= 15 is 0 Å². The first-order chi connectivity index (χ1) is 43.3. The summed E-state index contributed by atoms with van der Waals surface area (Å²) < 4.78 is 23.9. The Bertz CT molecular complexity index is 4860. The second kappa shape index (κ2) is 28.0. The van der Waals surface area contributed by atoms with Gasteiger partial charge in [-0.25, -0.2) is 4.99 Å². The van der Waals surface area contributed by atoms with Crippen molar-refractivity contribution in [3.8, 4) is 22.3 Å². The van der Waals surface area contributed by atoms with E-state index in [4.69, 9.17) is 19.0 Å². The molecule has 14 rings (SSSR count). The summed E-state index contributed by atoms with van der Waals surface area (Å²) in [6, 6.07) is 47.3. The number of nitrogens with two attached hydrogens (primary N) is 1. The fraction of sp³-hybridized carbons (Fsp3) is 0.188. The highest BCUT2D eigenvalue weighted by Crippen LogP contribution is 2.45. The molecule has 8 heteroatoms. The fourth-order valence-electron chi connectivity index (χ4n) is 12.4. The van der Waals surface area contributed by atoms with Crippen LogP contribution in [0.15, 0.2) is 226 Å². The molecule has 0 bridgehead atoms. The molecule has 0 aliphatic heterocycles. The van der Waals surface area contributed by atoms with Gasteiger partial charge in [-0.15, -0.1) is 13.2 Å². The maximum atomic E-state index is 6.44. The summed E-state index contributed by atoms with van der Waals surface area (Å²) in [5.41, 5.74) is 21.8. The van der Waals surface area contributed by atoms with Gasteiger partial charge in [0.05, 0.1) is 11.2 Å². The minimum absolute atomic E-state index is 0.167. The van der Waals surface area contributed by atoms with Gasteiger partial charge in [0.15, 0.2) is 0 Å². The Labute approximate surface area is 517 Å². The van der Waals surface area contributed by atoms with E-state index in [0.29, 0.717) is 5.84 Å². The lowest BCUT2D eigenvalue weighted by atomic mass is 9.89. The van der Waals surface area contributed by atoms with Gasteiger partial charge < -0.3 is 33.4 Å².